The molecule has 166 valence electrons. The Morgan fingerprint density at radius 2 is 0.647 bits per heavy atom. The van der Waals surface area contributed by atoms with E-state index in [9.17, 15) is 19.2 Å². The predicted octanol–water partition coefficient (Wildman–Crippen LogP) is 3.85. The van der Waals surface area contributed by atoms with E-state index in [0.29, 0.717) is 22.7 Å². The fourth-order valence-corrected chi connectivity index (χ4v) is 3.56. The molecule has 0 aliphatic carbocycles. The van der Waals surface area contributed by atoms with Crippen LogP contribution in [0.25, 0.3) is 0 Å². The summed E-state index contributed by atoms with van der Waals surface area (Å²) < 4.78 is 0. The number of hydrogen-bond acceptors (Lipinski definition) is 8. The molecule has 8 nitrogen and oxygen atoms in total. The molecule has 0 spiro atoms. The number of hydrogen-bond donors (Lipinski definition) is 4. The summed E-state index contributed by atoms with van der Waals surface area (Å²) in [5.41, 5.74) is 0.303. The van der Waals surface area contributed by atoms with Crippen LogP contribution in [0.3, 0.4) is 0 Å². The molecule has 0 bridgehead atoms. The molecule has 0 amide bonds. The lowest BCUT2D eigenvalue weighted by Crippen LogP contribution is -2.36. The second kappa shape index (κ2) is 8.51. The third-order valence-corrected chi connectivity index (χ3v) is 5.35. The fraction of sp³-hybridized carbons (Fsp3) is 0. The van der Waals surface area contributed by atoms with Crippen molar-refractivity contribution in [1.29, 1.82) is 0 Å². The van der Waals surface area contributed by atoms with Crippen LogP contribution in [-0.4, -0.2) is 0 Å². The van der Waals surface area contributed by atoms with Crippen molar-refractivity contribution < 1.29 is 0 Å². The Labute approximate surface area is 192 Å². The molecule has 5 aromatic carbocycles. The second-order valence-corrected chi connectivity index (χ2v) is 7.59. The lowest BCUT2D eigenvalue weighted by Gasteiger charge is -2.19. The summed E-state index contributed by atoms with van der Waals surface area (Å²) in [6.45, 7) is 0. The van der Waals surface area contributed by atoms with E-state index < -0.39 is 21.7 Å². The largest absolute Gasteiger partial charge is 0.350 e. The quantitative estimate of drug-likeness (QED) is 0.264. The number of rotatable bonds is 8. The van der Waals surface area contributed by atoms with Crippen LogP contribution in [0.1, 0.15) is 0 Å². The number of para-hydroxylation sites is 4. The maximum Gasteiger partial charge on any atom is 0.253 e. The van der Waals surface area contributed by atoms with Gasteiger partial charge in [-0.05, 0) is 36.4 Å². The van der Waals surface area contributed by atoms with Gasteiger partial charge in [0.05, 0.1) is 11.4 Å². The first-order valence-electron chi connectivity index (χ1n) is 10.5. The van der Waals surface area contributed by atoms with E-state index in [-0.39, 0.29) is 22.7 Å². The first-order chi connectivity index (χ1) is 16.5. The van der Waals surface area contributed by atoms with E-state index >= 15 is 0 Å². The standard InChI is InChI=1S/C26H18N4O4/c31-23-19(27-15-9-3-1-4-10-15)21(25(23)33)29-17-13-7-8-14-18(17)30-22-20(24(32)26(22)34)28-16-11-5-2-6-12-16/h1-14,27-30H. The maximum atomic E-state index is 12.3. The lowest BCUT2D eigenvalue weighted by molar-refractivity contribution is 1.34. The summed E-state index contributed by atoms with van der Waals surface area (Å²) in [4.78, 5) is 48.9. The minimum atomic E-state index is -0.645. The Morgan fingerprint density at radius 1 is 0.353 bits per heavy atom. The molecule has 0 aliphatic heterocycles. The monoisotopic (exact) mass is 450 g/mol. The van der Waals surface area contributed by atoms with E-state index in [1.54, 1.807) is 48.5 Å². The highest BCUT2D eigenvalue weighted by Crippen LogP contribution is 2.32. The Hall–Kier alpha value is -4.98. The van der Waals surface area contributed by atoms with Crippen LogP contribution in [0.4, 0.5) is 45.5 Å². The molecule has 0 radical (unpaired) electrons. The highest BCUT2D eigenvalue weighted by Gasteiger charge is 2.24. The van der Waals surface area contributed by atoms with Gasteiger partial charge in [0.25, 0.3) is 21.7 Å². The van der Waals surface area contributed by atoms with Gasteiger partial charge in [-0.1, -0.05) is 48.5 Å². The third kappa shape index (κ3) is 3.73. The summed E-state index contributed by atoms with van der Waals surface area (Å²) in [6, 6.07) is 24.9. The van der Waals surface area contributed by atoms with Crippen LogP contribution < -0.4 is 43.0 Å². The van der Waals surface area contributed by atoms with Gasteiger partial charge >= 0.3 is 0 Å². The van der Waals surface area contributed by atoms with E-state index in [1.165, 1.54) is 0 Å². The van der Waals surface area contributed by atoms with E-state index in [2.05, 4.69) is 21.3 Å². The van der Waals surface area contributed by atoms with Crippen molar-refractivity contribution in [2.45, 2.75) is 0 Å². The number of benzene rings is 3. The van der Waals surface area contributed by atoms with Crippen molar-refractivity contribution in [1.82, 2.24) is 0 Å². The summed E-state index contributed by atoms with van der Waals surface area (Å²) in [5.74, 6) is 0. The average Bonchev–Trinajstić information content (AvgIpc) is 2.89. The SMILES string of the molecule is O=c1c(Nc2ccccc2)c(Nc2ccccc2Nc2c(Nc3ccccc3)c(=O)c2=O)c1=O. The van der Waals surface area contributed by atoms with Gasteiger partial charge in [-0.15, -0.1) is 0 Å². The van der Waals surface area contributed by atoms with Crippen LogP contribution >= 0.6 is 0 Å². The normalized spacial score (nSPS) is 10.8. The third-order valence-electron chi connectivity index (χ3n) is 5.35. The summed E-state index contributed by atoms with van der Waals surface area (Å²) in [5, 5.41) is 11.9. The predicted molar refractivity (Wildman–Crippen MR) is 135 cm³/mol. The Balaban J connectivity index is 1.42. The van der Waals surface area contributed by atoms with Gasteiger partial charge in [0.1, 0.15) is 22.7 Å². The topological polar surface area (TPSA) is 116 Å². The van der Waals surface area contributed by atoms with Crippen LogP contribution in [0, 0.1) is 0 Å². The number of nitrogens with one attached hydrogen (secondary N) is 4. The van der Waals surface area contributed by atoms with Crippen LogP contribution in [-0.2, 0) is 0 Å². The van der Waals surface area contributed by atoms with Crippen molar-refractivity contribution in [2.24, 2.45) is 0 Å². The minimum Gasteiger partial charge on any atom is -0.350 e. The molecule has 0 saturated carbocycles. The minimum absolute atomic E-state index is 0.121. The lowest BCUT2D eigenvalue weighted by atomic mass is 10.1. The molecule has 5 rings (SSSR count). The molecule has 0 aromatic heterocycles. The molecule has 0 heterocycles. The zero-order chi connectivity index (χ0) is 23.7. The van der Waals surface area contributed by atoms with Crippen molar-refractivity contribution in [3.8, 4) is 0 Å². The second-order valence-electron chi connectivity index (χ2n) is 7.59. The summed E-state index contributed by atoms with van der Waals surface area (Å²) in [7, 11) is 0. The van der Waals surface area contributed by atoms with Crippen molar-refractivity contribution in [2.75, 3.05) is 21.3 Å². The molecule has 0 atom stereocenters. The molecule has 0 fully saturated rings. The van der Waals surface area contributed by atoms with Crippen molar-refractivity contribution >= 4 is 45.5 Å². The summed E-state index contributed by atoms with van der Waals surface area (Å²) >= 11 is 0. The van der Waals surface area contributed by atoms with Crippen LogP contribution in [0.5, 0.6) is 0 Å². The van der Waals surface area contributed by atoms with Gasteiger partial charge in [-0.3, -0.25) is 19.2 Å². The van der Waals surface area contributed by atoms with Gasteiger partial charge in [0, 0.05) is 11.4 Å². The van der Waals surface area contributed by atoms with Crippen molar-refractivity contribution in [3.63, 3.8) is 0 Å². The fourth-order valence-electron chi connectivity index (χ4n) is 3.56. The zero-order valence-electron chi connectivity index (χ0n) is 17.7. The zero-order valence-corrected chi connectivity index (χ0v) is 17.7. The van der Waals surface area contributed by atoms with E-state index in [0.717, 1.165) is 0 Å². The molecule has 34 heavy (non-hydrogen) atoms. The van der Waals surface area contributed by atoms with Gasteiger partial charge in [-0.2, -0.15) is 0 Å². The van der Waals surface area contributed by atoms with Crippen LogP contribution in [0.15, 0.2) is 104 Å². The van der Waals surface area contributed by atoms with E-state index in [4.69, 9.17) is 0 Å². The molecule has 4 N–H and O–H groups in total. The highest BCUT2D eigenvalue weighted by molar-refractivity contribution is 5.89. The molecule has 5 aromatic rings. The molecule has 0 unspecified atom stereocenters. The van der Waals surface area contributed by atoms with Crippen LogP contribution in [0.2, 0.25) is 0 Å². The summed E-state index contributed by atoms with van der Waals surface area (Å²) in [6.07, 6.45) is 0. The molecule has 8 heteroatoms. The Morgan fingerprint density at radius 3 is 1.00 bits per heavy atom. The maximum absolute atomic E-state index is 12.3. The Bertz CT molecular complexity index is 1500. The molecule has 0 saturated heterocycles. The highest BCUT2D eigenvalue weighted by atomic mass is 16.2. The van der Waals surface area contributed by atoms with E-state index in [1.807, 2.05) is 36.4 Å². The first-order valence-corrected chi connectivity index (χ1v) is 10.5. The Kier molecular flexibility index (Phi) is 5.23. The molecular formula is C26H18N4O4. The molecular weight excluding hydrogens is 432 g/mol. The smallest absolute Gasteiger partial charge is 0.253 e. The number of anilines is 8. The van der Waals surface area contributed by atoms with Crippen molar-refractivity contribution in [3.05, 3.63) is 126 Å². The van der Waals surface area contributed by atoms with Gasteiger partial charge in [-0.25, -0.2) is 0 Å². The van der Waals surface area contributed by atoms with Gasteiger partial charge < -0.3 is 21.3 Å². The molecule has 0 aliphatic rings. The average molecular weight is 450 g/mol. The van der Waals surface area contributed by atoms with Gasteiger partial charge in [0.15, 0.2) is 0 Å². The first kappa shape index (κ1) is 20.9. The van der Waals surface area contributed by atoms with Gasteiger partial charge in [0.2, 0.25) is 0 Å².